The molecule has 0 spiro atoms. The smallest absolute Gasteiger partial charge is 0.200 e. The van der Waals surface area contributed by atoms with Crippen LogP contribution >= 0.6 is 0 Å². The van der Waals surface area contributed by atoms with Gasteiger partial charge >= 0.3 is 0 Å². The van der Waals surface area contributed by atoms with E-state index in [1.165, 1.54) is 25.3 Å². The zero-order valence-electron chi connectivity index (χ0n) is 10.7. The Morgan fingerprint density at radius 3 is 2.37 bits per heavy atom. The van der Waals surface area contributed by atoms with Crippen molar-refractivity contribution in [1.82, 2.24) is 0 Å². The van der Waals surface area contributed by atoms with Gasteiger partial charge in [-0.15, -0.1) is 0 Å². The topological polar surface area (TPSA) is 66.8 Å². The quantitative estimate of drug-likeness (QED) is 0.830. The van der Waals surface area contributed by atoms with Crippen LogP contribution in [0.25, 0.3) is 0 Å². The minimum Gasteiger partial charge on any atom is -0.507 e. The third-order valence-electron chi connectivity index (χ3n) is 2.91. The zero-order valence-corrected chi connectivity index (χ0v) is 10.7. The van der Waals surface area contributed by atoms with Crippen molar-refractivity contribution in [2.75, 3.05) is 7.11 Å². The fourth-order valence-electron chi connectivity index (χ4n) is 1.89. The van der Waals surface area contributed by atoms with E-state index in [0.29, 0.717) is 5.75 Å². The summed E-state index contributed by atoms with van der Waals surface area (Å²) in [6, 6.07) is 9.16. The number of benzene rings is 2. The van der Waals surface area contributed by atoms with Crippen molar-refractivity contribution in [2.45, 2.75) is 6.92 Å². The number of hydrogen-bond acceptors (Lipinski definition) is 4. The molecule has 0 fully saturated rings. The number of methoxy groups -OCH3 is 1. The minimum atomic E-state index is -0.429. The van der Waals surface area contributed by atoms with Crippen LogP contribution in [-0.4, -0.2) is 23.1 Å². The first-order valence-electron chi connectivity index (χ1n) is 5.75. The summed E-state index contributed by atoms with van der Waals surface area (Å²) in [5.74, 6) is -0.205. The first kappa shape index (κ1) is 13.0. The van der Waals surface area contributed by atoms with Crippen molar-refractivity contribution in [1.29, 1.82) is 0 Å². The lowest BCUT2D eigenvalue weighted by atomic mass is 9.99. The molecule has 0 aliphatic carbocycles. The van der Waals surface area contributed by atoms with Gasteiger partial charge in [0.15, 0.2) is 5.78 Å². The average Bonchev–Trinajstić information content (AvgIpc) is 2.40. The van der Waals surface area contributed by atoms with Gasteiger partial charge in [0.25, 0.3) is 0 Å². The maximum Gasteiger partial charge on any atom is 0.200 e. The molecule has 0 aliphatic rings. The number of aryl methyl sites for hydroxylation is 1. The van der Waals surface area contributed by atoms with E-state index < -0.39 is 5.78 Å². The van der Waals surface area contributed by atoms with Crippen molar-refractivity contribution in [3.63, 3.8) is 0 Å². The van der Waals surface area contributed by atoms with Gasteiger partial charge in [-0.3, -0.25) is 4.79 Å². The predicted molar refractivity (Wildman–Crippen MR) is 70.9 cm³/mol. The monoisotopic (exact) mass is 258 g/mol. The number of aromatic hydroxyl groups is 2. The first-order valence-corrected chi connectivity index (χ1v) is 5.75. The van der Waals surface area contributed by atoms with Crippen molar-refractivity contribution in [3.05, 3.63) is 53.1 Å². The number of ether oxygens (including phenoxy) is 1. The molecule has 0 aromatic heterocycles. The van der Waals surface area contributed by atoms with Gasteiger partial charge in [0, 0.05) is 6.07 Å². The largest absolute Gasteiger partial charge is 0.507 e. The summed E-state index contributed by atoms with van der Waals surface area (Å²) in [5.41, 5.74) is 1.03. The number of hydrogen-bond donors (Lipinski definition) is 2. The molecule has 0 radical (unpaired) electrons. The fraction of sp³-hybridized carbons (Fsp3) is 0.133. The molecule has 2 aromatic carbocycles. The maximum atomic E-state index is 12.3. The second kappa shape index (κ2) is 5.02. The second-order valence-electron chi connectivity index (χ2n) is 4.19. The van der Waals surface area contributed by atoms with E-state index in [9.17, 15) is 15.0 Å². The van der Waals surface area contributed by atoms with Crippen molar-refractivity contribution in [2.24, 2.45) is 0 Å². The normalized spacial score (nSPS) is 10.2. The van der Waals surface area contributed by atoms with Crippen molar-refractivity contribution in [3.8, 4) is 17.2 Å². The Morgan fingerprint density at radius 1 is 1.05 bits per heavy atom. The van der Waals surface area contributed by atoms with Gasteiger partial charge in [0.1, 0.15) is 17.2 Å². The number of rotatable bonds is 3. The Balaban J connectivity index is 2.51. The molecule has 98 valence electrons. The Morgan fingerprint density at radius 2 is 1.74 bits per heavy atom. The van der Waals surface area contributed by atoms with Gasteiger partial charge in [-0.1, -0.05) is 12.1 Å². The molecular weight excluding hydrogens is 244 g/mol. The van der Waals surface area contributed by atoms with E-state index in [1.54, 1.807) is 25.1 Å². The standard InChI is InChI=1S/C15H14O4/c1-9-7-11(13(17)8-14(9)19-2)15(18)10-5-3-4-6-12(10)16/h3-8,16-17H,1-2H3. The van der Waals surface area contributed by atoms with Gasteiger partial charge in [0.05, 0.1) is 18.2 Å². The number of para-hydroxylation sites is 1. The highest BCUT2D eigenvalue weighted by atomic mass is 16.5. The van der Waals surface area contributed by atoms with Gasteiger partial charge in [0.2, 0.25) is 0 Å². The molecule has 0 atom stereocenters. The van der Waals surface area contributed by atoms with Crippen LogP contribution in [0.15, 0.2) is 36.4 Å². The summed E-state index contributed by atoms with van der Waals surface area (Å²) >= 11 is 0. The molecule has 0 saturated heterocycles. The highest BCUT2D eigenvalue weighted by Gasteiger charge is 2.18. The Kier molecular flexibility index (Phi) is 3.42. The molecule has 0 aliphatic heterocycles. The predicted octanol–water partition coefficient (Wildman–Crippen LogP) is 2.65. The van der Waals surface area contributed by atoms with Gasteiger partial charge in [-0.25, -0.2) is 0 Å². The van der Waals surface area contributed by atoms with Crippen LogP contribution < -0.4 is 4.74 Å². The molecular formula is C15H14O4. The Bertz CT molecular complexity index is 632. The Labute approximate surface area is 110 Å². The summed E-state index contributed by atoms with van der Waals surface area (Å²) in [4.78, 5) is 12.3. The van der Waals surface area contributed by atoms with Gasteiger partial charge < -0.3 is 14.9 Å². The van der Waals surface area contributed by atoms with E-state index in [-0.39, 0.29) is 22.6 Å². The lowest BCUT2D eigenvalue weighted by molar-refractivity contribution is 0.103. The highest BCUT2D eigenvalue weighted by Crippen LogP contribution is 2.30. The molecule has 19 heavy (non-hydrogen) atoms. The molecule has 2 aromatic rings. The SMILES string of the molecule is COc1cc(O)c(C(=O)c2ccccc2O)cc1C. The number of carbonyl (C=O) groups is 1. The van der Waals surface area contributed by atoms with E-state index in [4.69, 9.17) is 4.74 Å². The molecule has 0 amide bonds. The number of phenols is 2. The van der Waals surface area contributed by atoms with Gasteiger partial charge in [-0.2, -0.15) is 0 Å². The summed E-state index contributed by atoms with van der Waals surface area (Å²) < 4.78 is 5.07. The molecule has 0 saturated carbocycles. The molecule has 2 N–H and O–H groups in total. The van der Waals surface area contributed by atoms with Crippen LogP contribution in [0.1, 0.15) is 21.5 Å². The van der Waals surface area contributed by atoms with E-state index in [1.807, 2.05) is 0 Å². The van der Waals surface area contributed by atoms with E-state index in [2.05, 4.69) is 0 Å². The third-order valence-corrected chi connectivity index (χ3v) is 2.91. The number of ketones is 1. The summed E-state index contributed by atoms with van der Waals surface area (Å²) in [6.07, 6.45) is 0. The van der Waals surface area contributed by atoms with Crippen molar-refractivity contribution < 1.29 is 19.7 Å². The molecule has 2 rings (SSSR count). The van der Waals surface area contributed by atoms with E-state index >= 15 is 0 Å². The molecule has 4 nitrogen and oxygen atoms in total. The maximum absolute atomic E-state index is 12.3. The Hall–Kier alpha value is -2.49. The van der Waals surface area contributed by atoms with Crippen LogP contribution in [0, 0.1) is 6.92 Å². The van der Waals surface area contributed by atoms with Crippen LogP contribution in [0.3, 0.4) is 0 Å². The minimum absolute atomic E-state index is 0.111. The summed E-state index contributed by atoms with van der Waals surface area (Å²) in [5, 5.41) is 19.6. The van der Waals surface area contributed by atoms with Crippen LogP contribution in [-0.2, 0) is 0 Å². The lowest BCUT2D eigenvalue weighted by Gasteiger charge is -2.10. The highest BCUT2D eigenvalue weighted by molar-refractivity contribution is 6.12. The van der Waals surface area contributed by atoms with Crippen LogP contribution in [0.4, 0.5) is 0 Å². The van der Waals surface area contributed by atoms with Crippen molar-refractivity contribution >= 4 is 5.78 Å². The van der Waals surface area contributed by atoms with Crippen LogP contribution in [0.2, 0.25) is 0 Å². The molecule has 4 heteroatoms. The van der Waals surface area contributed by atoms with Crippen LogP contribution in [0.5, 0.6) is 17.2 Å². The first-order chi connectivity index (χ1) is 9.04. The molecule has 0 bridgehead atoms. The zero-order chi connectivity index (χ0) is 14.0. The molecule has 0 heterocycles. The number of phenolic OH excluding ortho intramolecular Hbond substituents is 2. The summed E-state index contributed by atoms with van der Waals surface area (Å²) in [6.45, 7) is 1.78. The van der Waals surface area contributed by atoms with Gasteiger partial charge in [-0.05, 0) is 30.7 Å². The fourth-order valence-corrected chi connectivity index (χ4v) is 1.89. The summed E-state index contributed by atoms with van der Waals surface area (Å²) in [7, 11) is 1.49. The van der Waals surface area contributed by atoms with E-state index in [0.717, 1.165) is 5.56 Å². The molecule has 0 unspecified atom stereocenters. The lowest BCUT2D eigenvalue weighted by Crippen LogP contribution is -2.03. The third kappa shape index (κ3) is 2.38. The average molecular weight is 258 g/mol. The number of carbonyl (C=O) groups excluding carboxylic acids is 1. The second-order valence-corrected chi connectivity index (χ2v) is 4.19.